The molecule has 0 spiro atoms. The first-order chi connectivity index (χ1) is 17.1. The number of pyridine rings is 1. The molecule has 2 amide bonds. The van der Waals surface area contributed by atoms with E-state index in [0.29, 0.717) is 24.8 Å². The monoisotopic (exact) mass is 471 g/mol. The highest BCUT2D eigenvalue weighted by Crippen LogP contribution is 2.36. The van der Waals surface area contributed by atoms with Crippen LogP contribution in [0.15, 0.2) is 66.9 Å². The lowest BCUT2D eigenvalue weighted by atomic mass is 9.85. The van der Waals surface area contributed by atoms with Crippen molar-refractivity contribution in [1.29, 1.82) is 0 Å². The summed E-state index contributed by atoms with van der Waals surface area (Å²) in [5.74, 6) is 1.72. The number of hydrogen-bond donors (Lipinski definition) is 1. The van der Waals surface area contributed by atoms with E-state index >= 15 is 0 Å². The van der Waals surface area contributed by atoms with Gasteiger partial charge in [0.2, 0.25) is 5.88 Å². The number of nitrogens with one attached hydrogen (secondary N) is 1. The second-order valence-electron chi connectivity index (χ2n) is 9.07. The molecule has 0 atom stereocenters. The third-order valence-electron chi connectivity index (χ3n) is 6.70. The van der Waals surface area contributed by atoms with Gasteiger partial charge in [-0.1, -0.05) is 24.3 Å². The Morgan fingerprint density at radius 3 is 2.49 bits per heavy atom. The third kappa shape index (κ3) is 5.29. The highest BCUT2D eigenvalue weighted by molar-refractivity contribution is 6.03. The molecule has 2 heterocycles. The first kappa shape index (κ1) is 22.9. The highest BCUT2D eigenvalue weighted by atomic mass is 16.5. The van der Waals surface area contributed by atoms with Gasteiger partial charge in [0.1, 0.15) is 24.2 Å². The Hall–Kier alpha value is -3.87. The van der Waals surface area contributed by atoms with E-state index in [2.05, 4.69) is 10.3 Å². The molecule has 180 valence electrons. The van der Waals surface area contributed by atoms with Crippen molar-refractivity contribution in [3.8, 4) is 22.8 Å². The van der Waals surface area contributed by atoms with Crippen LogP contribution < -0.4 is 19.7 Å². The molecule has 0 radical (unpaired) electrons. The molecule has 5 rings (SSSR count). The van der Waals surface area contributed by atoms with Gasteiger partial charge in [-0.2, -0.15) is 0 Å². The number of aromatic nitrogens is 1. The number of Topliss-reactive ketones (excluding diaryl/α,β-unsaturated/α-hetero) is 1. The van der Waals surface area contributed by atoms with Crippen LogP contribution in [0, 0.1) is 5.92 Å². The zero-order chi connectivity index (χ0) is 24.2. The fourth-order valence-electron chi connectivity index (χ4n) is 4.70. The number of anilines is 2. The second-order valence-corrected chi connectivity index (χ2v) is 9.07. The van der Waals surface area contributed by atoms with Crippen LogP contribution in [0.25, 0.3) is 11.1 Å². The molecule has 0 unspecified atom stereocenters. The lowest BCUT2D eigenvalue weighted by Gasteiger charge is -2.30. The van der Waals surface area contributed by atoms with Crippen molar-refractivity contribution in [2.45, 2.75) is 38.7 Å². The number of para-hydroxylation sites is 1. The van der Waals surface area contributed by atoms with E-state index in [1.165, 1.54) is 0 Å². The van der Waals surface area contributed by atoms with E-state index in [-0.39, 0.29) is 23.8 Å². The van der Waals surface area contributed by atoms with E-state index in [0.717, 1.165) is 48.2 Å². The Balaban J connectivity index is 1.25. The van der Waals surface area contributed by atoms with Crippen molar-refractivity contribution in [1.82, 2.24) is 4.98 Å². The molecule has 1 aromatic heterocycles. The Morgan fingerprint density at radius 1 is 1.00 bits per heavy atom. The quantitative estimate of drug-likeness (QED) is 0.516. The Labute approximate surface area is 205 Å². The average molecular weight is 472 g/mol. The molecular formula is C28H29N3O4. The summed E-state index contributed by atoms with van der Waals surface area (Å²) < 4.78 is 11.9. The topological polar surface area (TPSA) is 80.8 Å². The van der Waals surface area contributed by atoms with Gasteiger partial charge >= 0.3 is 6.03 Å². The van der Waals surface area contributed by atoms with Crippen LogP contribution in [0.4, 0.5) is 16.2 Å². The third-order valence-corrected chi connectivity index (χ3v) is 6.70. The van der Waals surface area contributed by atoms with Crippen LogP contribution in [0.2, 0.25) is 0 Å². The SMILES string of the molecule is CC(=O)[C@H]1CC[C@@H](Oc2ccc(-c3ccc4c(c3)OCCN4C(=O)Nc3ccccc3)cn2)CC1. The van der Waals surface area contributed by atoms with Crippen molar-refractivity contribution in [2.24, 2.45) is 5.92 Å². The maximum Gasteiger partial charge on any atom is 0.326 e. The van der Waals surface area contributed by atoms with Crippen molar-refractivity contribution in [3.63, 3.8) is 0 Å². The molecular weight excluding hydrogens is 442 g/mol. The first-order valence-electron chi connectivity index (χ1n) is 12.1. The minimum atomic E-state index is -0.186. The zero-order valence-corrected chi connectivity index (χ0v) is 19.8. The number of fused-ring (bicyclic) bond motifs is 1. The van der Waals surface area contributed by atoms with Gasteiger partial charge in [-0.05, 0) is 68.5 Å². The number of benzene rings is 2. The standard InChI is InChI=1S/C28H29N3O4/c1-19(32)20-7-11-24(12-8-20)35-27-14-10-22(18-29-27)21-9-13-25-26(17-21)34-16-15-31(25)28(33)30-23-5-3-2-4-6-23/h2-6,9-10,13-14,17-18,20,24H,7-8,11-12,15-16H2,1H3,(H,30,33)/t20-,24+. The average Bonchev–Trinajstić information content (AvgIpc) is 2.89. The summed E-state index contributed by atoms with van der Waals surface area (Å²) in [5.41, 5.74) is 3.38. The van der Waals surface area contributed by atoms with Gasteiger partial charge in [-0.3, -0.25) is 9.69 Å². The molecule has 3 aromatic rings. The second kappa shape index (κ2) is 10.2. The van der Waals surface area contributed by atoms with Gasteiger partial charge in [0, 0.05) is 29.4 Å². The van der Waals surface area contributed by atoms with Crippen molar-refractivity contribution >= 4 is 23.2 Å². The maximum atomic E-state index is 12.9. The minimum absolute atomic E-state index is 0.106. The molecule has 7 nitrogen and oxygen atoms in total. The Bertz CT molecular complexity index is 1190. The van der Waals surface area contributed by atoms with Crippen LogP contribution in [0.5, 0.6) is 11.6 Å². The molecule has 2 aliphatic rings. The number of carbonyl (C=O) groups excluding carboxylic acids is 2. The van der Waals surface area contributed by atoms with Crippen molar-refractivity contribution < 1.29 is 19.1 Å². The molecule has 1 fully saturated rings. The minimum Gasteiger partial charge on any atom is -0.490 e. The van der Waals surface area contributed by atoms with E-state index in [4.69, 9.17) is 9.47 Å². The van der Waals surface area contributed by atoms with Gasteiger partial charge in [-0.25, -0.2) is 9.78 Å². The maximum absolute atomic E-state index is 12.9. The van der Waals surface area contributed by atoms with Crippen LogP contribution in [-0.4, -0.2) is 36.1 Å². The number of amides is 2. The van der Waals surface area contributed by atoms with Gasteiger partial charge in [-0.15, -0.1) is 0 Å². The number of ether oxygens (including phenoxy) is 2. The lowest BCUT2D eigenvalue weighted by Crippen LogP contribution is -2.40. The molecule has 1 saturated carbocycles. The number of hydrogen-bond acceptors (Lipinski definition) is 5. The van der Waals surface area contributed by atoms with Crippen LogP contribution >= 0.6 is 0 Å². The van der Waals surface area contributed by atoms with E-state index in [9.17, 15) is 9.59 Å². The van der Waals surface area contributed by atoms with Crippen LogP contribution in [0.3, 0.4) is 0 Å². The number of ketones is 1. The molecule has 1 aliphatic heterocycles. The molecule has 0 saturated heterocycles. The summed E-state index contributed by atoms with van der Waals surface area (Å²) in [4.78, 5) is 30.6. The van der Waals surface area contributed by atoms with Crippen molar-refractivity contribution in [3.05, 3.63) is 66.9 Å². The highest BCUT2D eigenvalue weighted by Gasteiger charge is 2.26. The Morgan fingerprint density at radius 2 is 1.77 bits per heavy atom. The van der Waals surface area contributed by atoms with Crippen molar-refractivity contribution in [2.75, 3.05) is 23.4 Å². The van der Waals surface area contributed by atoms with Gasteiger partial charge in [0.25, 0.3) is 0 Å². The predicted molar refractivity (Wildman–Crippen MR) is 135 cm³/mol. The van der Waals surface area contributed by atoms with Crippen LogP contribution in [-0.2, 0) is 4.79 Å². The molecule has 7 heteroatoms. The first-order valence-corrected chi connectivity index (χ1v) is 12.1. The summed E-state index contributed by atoms with van der Waals surface area (Å²) >= 11 is 0. The van der Waals surface area contributed by atoms with E-state index < -0.39 is 0 Å². The zero-order valence-electron chi connectivity index (χ0n) is 19.8. The normalized spacial score (nSPS) is 19.3. The molecule has 1 aliphatic carbocycles. The number of nitrogens with zero attached hydrogens (tertiary/aromatic N) is 2. The number of carbonyl (C=O) groups is 2. The van der Waals surface area contributed by atoms with E-state index in [1.807, 2.05) is 60.7 Å². The summed E-state index contributed by atoms with van der Waals surface area (Å²) in [7, 11) is 0. The van der Waals surface area contributed by atoms with Gasteiger partial charge in [0.15, 0.2) is 0 Å². The molecule has 1 N–H and O–H groups in total. The Kier molecular flexibility index (Phi) is 6.66. The predicted octanol–water partition coefficient (Wildman–Crippen LogP) is 5.71. The molecule has 0 bridgehead atoms. The largest absolute Gasteiger partial charge is 0.490 e. The van der Waals surface area contributed by atoms with Gasteiger partial charge < -0.3 is 14.8 Å². The van der Waals surface area contributed by atoms with Crippen LogP contribution in [0.1, 0.15) is 32.6 Å². The van der Waals surface area contributed by atoms with Gasteiger partial charge in [0.05, 0.1) is 12.2 Å². The number of urea groups is 1. The number of rotatable bonds is 5. The fraction of sp³-hybridized carbons (Fsp3) is 0.321. The lowest BCUT2D eigenvalue weighted by molar-refractivity contribution is -0.122. The summed E-state index contributed by atoms with van der Waals surface area (Å²) in [6, 6.07) is 18.9. The smallest absolute Gasteiger partial charge is 0.326 e. The summed E-state index contributed by atoms with van der Waals surface area (Å²) in [5, 5.41) is 2.94. The molecule has 2 aromatic carbocycles. The summed E-state index contributed by atoms with van der Waals surface area (Å²) in [6.45, 7) is 2.58. The molecule has 35 heavy (non-hydrogen) atoms. The summed E-state index contributed by atoms with van der Waals surface area (Å²) in [6.07, 6.45) is 5.42. The fourth-order valence-corrected chi connectivity index (χ4v) is 4.70. The van der Waals surface area contributed by atoms with E-state index in [1.54, 1.807) is 18.0 Å².